The standard InChI is InChI=1S/C15H28N6/c1-11(15(2,3)4)10-17-13-18-12(16)19-14(20-13)21-8-6-5-7-9-21/h11H,5-10H2,1-4H3,(H3,16,17,18,19,20). The van der Waals surface area contributed by atoms with Gasteiger partial charge in [0.05, 0.1) is 0 Å². The summed E-state index contributed by atoms with van der Waals surface area (Å²) in [6, 6.07) is 0. The molecule has 0 aliphatic carbocycles. The number of nitrogens with two attached hydrogens (primary N) is 1. The first kappa shape index (κ1) is 15.8. The Kier molecular flexibility index (Phi) is 4.85. The third-order valence-corrected chi connectivity index (χ3v) is 4.32. The van der Waals surface area contributed by atoms with Gasteiger partial charge < -0.3 is 16.0 Å². The average molecular weight is 292 g/mol. The fourth-order valence-corrected chi connectivity index (χ4v) is 2.25. The monoisotopic (exact) mass is 292 g/mol. The van der Waals surface area contributed by atoms with Crippen LogP contribution in [-0.2, 0) is 0 Å². The van der Waals surface area contributed by atoms with Crippen LogP contribution in [0.15, 0.2) is 0 Å². The molecule has 21 heavy (non-hydrogen) atoms. The Hall–Kier alpha value is -1.59. The van der Waals surface area contributed by atoms with Crippen LogP contribution in [0.4, 0.5) is 17.8 Å². The highest BCUT2D eigenvalue weighted by atomic mass is 15.3. The van der Waals surface area contributed by atoms with Crippen molar-refractivity contribution in [3.8, 4) is 0 Å². The van der Waals surface area contributed by atoms with E-state index in [1.54, 1.807) is 0 Å². The Morgan fingerprint density at radius 1 is 1.14 bits per heavy atom. The smallest absolute Gasteiger partial charge is 0.231 e. The van der Waals surface area contributed by atoms with Crippen molar-refractivity contribution in [3.05, 3.63) is 0 Å². The van der Waals surface area contributed by atoms with Crippen LogP contribution in [0.5, 0.6) is 0 Å². The maximum absolute atomic E-state index is 5.83. The fraction of sp³-hybridized carbons (Fsp3) is 0.800. The van der Waals surface area contributed by atoms with Gasteiger partial charge in [0.2, 0.25) is 17.8 Å². The molecule has 6 heteroatoms. The minimum atomic E-state index is 0.251. The summed E-state index contributed by atoms with van der Waals surface area (Å²) in [6.45, 7) is 11.8. The van der Waals surface area contributed by atoms with E-state index in [2.05, 4.69) is 52.9 Å². The van der Waals surface area contributed by atoms with E-state index in [-0.39, 0.29) is 11.4 Å². The first-order valence-electron chi connectivity index (χ1n) is 7.86. The molecule has 2 heterocycles. The van der Waals surface area contributed by atoms with Gasteiger partial charge in [0.1, 0.15) is 0 Å². The predicted molar refractivity (Wildman–Crippen MR) is 87.4 cm³/mol. The second kappa shape index (κ2) is 6.45. The number of hydrogen-bond acceptors (Lipinski definition) is 6. The van der Waals surface area contributed by atoms with Crippen molar-refractivity contribution in [1.82, 2.24) is 15.0 Å². The van der Waals surface area contributed by atoms with Gasteiger partial charge in [0, 0.05) is 19.6 Å². The zero-order valence-electron chi connectivity index (χ0n) is 13.7. The van der Waals surface area contributed by atoms with Crippen LogP contribution < -0.4 is 16.0 Å². The zero-order valence-corrected chi connectivity index (χ0v) is 13.7. The first-order valence-corrected chi connectivity index (χ1v) is 7.86. The summed E-state index contributed by atoms with van der Waals surface area (Å²) in [5.74, 6) is 2.08. The maximum atomic E-state index is 5.83. The molecule has 1 fully saturated rings. The van der Waals surface area contributed by atoms with Gasteiger partial charge in [-0.05, 0) is 30.6 Å². The highest BCUT2D eigenvalue weighted by molar-refractivity contribution is 5.42. The third-order valence-electron chi connectivity index (χ3n) is 4.32. The van der Waals surface area contributed by atoms with Crippen LogP contribution in [-0.4, -0.2) is 34.6 Å². The zero-order chi connectivity index (χ0) is 15.5. The molecule has 0 spiro atoms. The van der Waals surface area contributed by atoms with Gasteiger partial charge in [0.25, 0.3) is 0 Å². The number of nitrogens with one attached hydrogen (secondary N) is 1. The molecule has 0 saturated carbocycles. The van der Waals surface area contributed by atoms with Gasteiger partial charge in [0.15, 0.2) is 0 Å². The lowest BCUT2D eigenvalue weighted by Crippen LogP contribution is -2.32. The molecule has 1 aliphatic heterocycles. The molecular weight excluding hydrogens is 264 g/mol. The first-order chi connectivity index (χ1) is 9.86. The van der Waals surface area contributed by atoms with E-state index in [0.29, 0.717) is 17.8 Å². The summed E-state index contributed by atoms with van der Waals surface area (Å²) in [5, 5.41) is 3.30. The van der Waals surface area contributed by atoms with Gasteiger partial charge in [-0.2, -0.15) is 15.0 Å². The minimum Gasteiger partial charge on any atom is -0.368 e. The van der Waals surface area contributed by atoms with Crippen LogP contribution in [0.3, 0.4) is 0 Å². The van der Waals surface area contributed by atoms with Crippen molar-refractivity contribution >= 4 is 17.8 Å². The highest BCUT2D eigenvalue weighted by Gasteiger charge is 2.20. The van der Waals surface area contributed by atoms with E-state index in [0.717, 1.165) is 19.6 Å². The van der Waals surface area contributed by atoms with E-state index >= 15 is 0 Å². The number of piperidine rings is 1. The Labute approximate surface area is 127 Å². The maximum Gasteiger partial charge on any atom is 0.231 e. The molecule has 1 aromatic rings. The van der Waals surface area contributed by atoms with Crippen LogP contribution >= 0.6 is 0 Å². The van der Waals surface area contributed by atoms with Crippen molar-refractivity contribution in [3.63, 3.8) is 0 Å². The molecular formula is C15H28N6. The molecule has 118 valence electrons. The van der Waals surface area contributed by atoms with Crippen LogP contribution in [0.1, 0.15) is 47.0 Å². The van der Waals surface area contributed by atoms with Crippen molar-refractivity contribution in [2.75, 3.05) is 35.6 Å². The Morgan fingerprint density at radius 3 is 2.43 bits per heavy atom. The van der Waals surface area contributed by atoms with E-state index < -0.39 is 0 Å². The summed E-state index contributed by atoms with van der Waals surface area (Å²) in [6.07, 6.45) is 3.66. The molecule has 2 rings (SSSR count). The summed E-state index contributed by atoms with van der Waals surface area (Å²) in [4.78, 5) is 15.2. The number of hydrogen-bond donors (Lipinski definition) is 2. The molecule has 1 aliphatic rings. The molecule has 0 radical (unpaired) electrons. The quantitative estimate of drug-likeness (QED) is 0.887. The van der Waals surface area contributed by atoms with Gasteiger partial charge in [-0.15, -0.1) is 0 Å². The Bertz CT molecular complexity index is 462. The second-order valence-corrected chi connectivity index (χ2v) is 7.01. The molecule has 1 unspecified atom stereocenters. The lowest BCUT2D eigenvalue weighted by atomic mass is 9.82. The normalized spacial score (nSPS) is 17.6. The van der Waals surface area contributed by atoms with E-state index in [4.69, 9.17) is 5.73 Å². The minimum absolute atomic E-state index is 0.251. The van der Waals surface area contributed by atoms with Crippen LogP contribution in [0.2, 0.25) is 0 Å². The number of aromatic nitrogens is 3. The summed E-state index contributed by atoms with van der Waals surface area (Å²) >= 11 is 0. The third kappa shape index (κ3) is 4.44. The highest BCUT2D eigenvalue weighted by Crippen LogP contribution is 2.25. The SMILES string of the molecule is CC(CNc1nc(N)nc(N2CCCCC2)n1)C(C)(C)C. The number of anilines is 3. The van der Waals surface area contributed by atoms with Gasteiger partial charge in [-0.25, -0.2) is 0 Å². The lowest BCUT2D eigenvalue weighted by Gasteiger charge is -2.28. The summed E-state index contributed by atoms with van der Waals surface area (Å²) < 4.78 is 0. The lowest BCUT2D eigenvalue weighted by molar-refractivity contribution is 0.274. The molecule has 1 atom stereocenters. The van der Waals surface area contributed by atoms with Gasteiger partial charge in [-0.3, -0.25) is 0 Å². The second-order valence-electron chi connectivity index (χ2n) is 7.01. The number of nitrogens with zero attached hydrogens (tertiary/aromatic N) is 4. The molecule has 1 saturated heterocycles. The van der Waals surface area contributed by atoms with Crippen molar-refractivity contribution in [2.24, 2.45) is 11.3 Å². The van der Waals surface area contributed by atoms with Gasteiger partial charge >= 0.3 is 0 Å². The van der Waals surface area contributed by atoms with Crippen LogP contribution in [0.25, 0.3) is 0 Å². The molecule has 6 nitrogen and oxygen atoms in total. The molecule has 3 N–H and O–H groups in total. The predicted octanol–water partition coefficient (Wildman–Crippen LogP) is 2.54. The number of nitrogen functional groups attached to an aromatic ring is 1. The Balaban J connectivity index is 2.04. The topological polar surface area (TPSA) is 80.0 Å². The average Bonchev–Trinajstić information content (AvgIpc) is 2.44. The van der Waals surface area contributed by atoms with E-state index in [9.17, 15) is 0 Å². The molecule has 0 aromatic carbocycles. The van der Waals surface area contributed by atoms with Crippen molar-refractivity contribution in [2.45, 2.75) is 47.0 Å². The van der Waals surface area contributed by atoms with E-state index in [1.165, 1.54) is 19.3 Å². The molecule has 0 amide bonds. The van der Waals surface area contributed by atoms with Crippen molar-refractivity contribution < 1.29 is 0 Å². The van der Waals surface area contributed by atoms with Gasteiger partial charge in [-0.1, -0.05) is 27.7 Å². The van der Waals surface area contributed by atoms with E-state index in [1.807, 2.05) is 0 Å². The fourth-order valence-electron chi connectivity index (χ4n) is 2.25. The number of rotatable bonds is 4. The summed E-state index contributed by atoms with van der Waals surface area (Å²) in [7, 11) is 0. The van der Waals surface area contributed by atoms with Crippen LogP contribution in [0, 0.1) is 11.3 Å². The molecule has 0 bridgehead atoms. The molecule has 1 aromatic heterocycles. The summed E-state index contributed by atoms with van der Waals surface area (Å²) in [5.41, 5.74) is 6.08. The van der Waals surface area contributed by atoms with Crippen molar-refractivity contribution in [1.29, 1.82) is 0 Å². The Morgan fingerprint density at radius 2 is 1.81 bits per heavy atom. The largest absolute Gasteiger partial charge is 0.368 e.